The van der Waals surface area contributed by atoms with Crippen molar-refractivity contribution in [2.24, 2.45) is 0 Å². The first-order valence-electron chi connectivity index (χ1n) is 8.34. The minimum atomic E-state index is -0.839. The molecule has 2 aromatic heterocycles. The molecule has 0 atom stereocenters. The van der Waals surface area contributed by atoms with Crippen molar-refractivity contribution in [2.75, 3.05) is 25.9 Å². The molecule has 3 N–H and O–H groups in total. The fourth-order valence-corrected chi connectivity index (χ4v) is 2.43. The topological polar surface area (TPSA) is 89.4 Å². The molecule has 7 heteroatoms. The van der Waals surface area contributed by atoms with E-state index in [1.54, 1.807) is 20.2 Å². The number of nitrogens with two attached hydrogens (primary N) is 1. The van der Waals surface area contributed by atoms with Crippen LogP contribution in [0, 0.1) is 0 Å². The second kappa shape index (κ2) is 7.36. The van der Waals surface area contributed by atoms with Gasteiger partial charge in [0.05, 0.1) is 30.6 Å². The standard InChI is InChI=1S/C17H29N5O2/c1-12(2)21(5)7-6-8-24-14-9-13-15(16(18)20-14)19-11-22(13)10-17(3,4)23/h9,11-12,23H,6-8,10H2,1-5H3,(H2,18,20). The van der Waals surface area contributed by atoms with Gasteiger partial charge in [-0.1, -0.05) is 0 Å². The van der Waals surface area contributed by atoms with E-state index in [0.717, 1.165) is 18.5 Å². The summed E-state index contributed by atoms with van der Waals surface area (Å²) < 4.78 is 7.63. The number of hydrogen-bond acceptors (Lipinski definition) is 6. The van der Waals surface area contributed by atoms with Crippen molar-refractivity contribution in [2.45, 2.75) is 52.3 Å². The van der Waals surface area contributed by atoms with Crippen molar-refractivity contribution in [3.63, 3.8) is 0 Å². The number of aromatic nitrogens is 3. The van der Waals surface area contributed by atoms with Crippen LogP contribution in [0.4, 0.5) is 5.82 Å². The van der Waals surface area contributed by atoms with Crippen LogP contribution in [-0.4, -0.2) is 56.4 Å². The third-order valence-corrected chi connectivity index (χ3v) is 3.96. The summed E-state index contributed by atoms with van der Waals surface area (Å²) in [5, 5.41) is 10.0. The van der Waals surface area contributed by atoms with Crippen LogP contribution < -0.4 is 10.5 Å². The van der Waals surface area contributed by atoms with Gasteiger partial charge in [-0.05, 0) is 41.2 Å². The van der Waals surface area contributed by atoms with Crippen LogP contribution in [0.1, 0.15) is 34.1 Å². The number of ether oxygens (including phenoxy) is 1. The Hall–Kier alpha value is -1.86. The maximum Gasteiger partial charge on any atom is 0.217 e. The molecule has 2 rings (SSSR count). The van der Waals surface area contributed by atoms with E-state index in [2.05, 4.69) is 35.8 Å². The lowest BCUT2D eigenvalue weighted by atomic mass is 10.1. The molecule has 0 spiro atoms. The number of pyridine rings is 1. The number of anilines is 1. The average Bonchev–Trinajstić information content (AvgIpc) is 2.85. The molecule has 0 bridgehead atoms. The second-order valence-corrected chi connectivity index (χ2v) is 7.17. The molecular weight excluding hydrogens is 306 g/mol. The molecule has 0 aliphatic carbocycles. The van der Waals surface area contributed by atoms with Gasteiger partial charge in [-0.25, -0.2) is 4.98 Å². The Morgan fingerprint density at radius 2 is 2.12 bits per heavy atom. The molecule has 7 nitrogen and oxygen atoms in total. The highest BCUT2D eigenvalue weighted by atomic mass is 16.5. The Morgan fingerprint density at radius 3 is 2.75 bits per heavy atom. The molecule has 0 aliphatic heterocycles. The van der Waals surface area contributed by atoms with E-state index in [9.17, 15) is 5.11 Å². The number of fused-ring (bicyclic) bond motifs is 1. The first-order chi connectivity index (χ1) is 11.2. The number of rotatable bonds is 8. The monoisotopic (exact) mass is 335 g/mol. The SMILES string of the molecule is CC(C)N(C)CCCOc1cc2c(ncn2CC(C)(C)O)c(N)n1. The van der Waals surface area contributed by atoms with E-state index in [1.807, 2.05) is 10.6 Å². The van der Waals surface area contributed by atoms with E-state index in [1.165, 1.54) is 0 Å². The predicted molar refractivity (Wildman–Crippen MR) is 96.1 cm³/mol. The van der Waals surface area contributed by atoms with Gasteiger partial charge >= 0.3 is 0 Å². The van der Waals surface area contributed by atoms with Crippen molar-refractivity contribution in [1.29, 1.82) is 0 Å². The summed E-state index contributed by atoms with van der Waals surface area (Å²) in [4.78, 5) is 10.8. The third-order valence-electron chi connectivity index (χ3n) is 3.96. The minimum absolute atomic E-state index is 0.344. The molecule has 0 radical (unpaired) electrons. The predicted octanol–water partition coefficient (Wildman–Crippen LogP) is 1.89. The molecule has 0 aromatic carbocycles. The van der Waals surface area contributed by atoms with Gasteiger partial charge in [-0.2, -0.15) is 4.98 Å². The van der Waals surface area contributed by atoms with Gasteiger partial charge in [-0.3, -0.25) is 0 Å². The van der Waals surface area contributed by atoms with Crippen molar-refractivity contribution >= 4 is 16.9 Å². The maximum absolute atomic E-state index is 10.0. The fourth-order valence-electron chi connectivity index (χ4n) is 2.43. The normalized spacial score (nSPS) is 12.5. The van der Waals surface area contributed by atoms with Gasteiger partial charge in [0.1, 0.15) is 5.52 Å². The zero-order chi connectivity index (χ0) is 17.9. The molecule has 24 heavy (non-hydrogen) atoms. The van der Waals surface area contributed by atoms with Crippen LogP contribution >= 0.6 is 0 Å². The zero-order valence-electron chi connectivity index (χ0n) is 15.3. The highest BCUT2D eigenvalue weighted by Gasteiger charge is 2.17. The van der Waals surface area contributed by atoms with Gasteiger partial charge in [-0.15, -0.1) is 0 Å². The number of aliphatic hydroxyl groups is 1. The molecule has 0 saturated heterocycles. The molecule has 0 amide bonds. The lowest BCUT2D eigenvalue weighted by molar-refractivity contribution is 0.0626. The third kappa shape index (κ3) is 4.82. The van der Waals surface area contributed by atoms with Gasteiger partial charge in [0.25, 0.3) is 0 Å². The molecule has 0 unspecified atom stereocenters. The molecule has 0 fully saturated rings. The number of nitrogens with zero attached hydrogens (tertiary/aromatic N) is 4. The Bertz CT molecular complexity index is 675. The summed E-state index contributed by atoms with van der Waals surface area (Å²) in [5.41, 5.74) is 6.60. The number of hydrogen-bond donors (Lipinski definition) is 2. The van der Waals surface area contributed by atoms with E-state index >= 15 is 0 Å². The molecule has 0 aliphatic rings. The lowest BCUT2D eigenvalue weighted by Crippen LogP contribution is -2.28. The van der Waals surface area contributed by atoms with Crippen LogP contribution in [0.3, 0.4) is 0 Å². The summed E-state index contributed by atoms with van der Waals surface area (Å²) in [6.45, 7) is 9.81. The van der Waals surface area contributed by atoms with E-state index < -0.39 is 5.60 Å². The Kier molecular flexibility index (Phi) is 5.66. The summed E-state index contributed by atoms with van der Waals surface area (Å²) in [7, 11) is 2.10. The minimum Gasteiger partial charge on any atom is -0.478 e. The quantitative estimate of drug-likeness (QED) is 0.716. The van der Waals surface area contributed by atoms with Crippen LogP contribution in [-0.2, 0) is 6.54 Å². The highest BCUT2D eigenvalue weighted by Crippen LogP contribution is 2.24. The second-order valence-electron chi connectivity index (χ2n) is 7.17. The smallest absolute Gasteiger partial charge is 0.217 e. The summed E-state index contributed by atoms with van der Waals surface area (Å²) in [6.07, 6.45) is 2.58. The first-order valence-corrected chi connectivity index (χ1v) is 8.34. The van der Waals surface area contributed by atoms with Crippen molar-refractivity contribution < 1.29 is 9.84 Å². The van der Waals surface area contributed by atoms with E-state index in [-0.39, 0.29) is 0 Å². The average molecular weight is 335 g/mol. The van der Waals surface area contributed by atoms with E-state index in [0.29, 0.717) is 36.4 Å². The Labute approximate surface area is 143 Å². The highest BCUT2D eigenvalue weighted by molar-refractivity contribution is 5.85. The number of nitrogen functional groups attached to an aromatic ring is 1. The molecule has 0 saturated carbocycles. The Balaban J connectivity index is 2.07. The van der Waals surface area contributed by atoms with Gasteiger partial charge < -0.3 is 25.0 Å². The van der Waals surface area contributed by atoms with Crippen LogP contribution in [0.2, 0.25) is 0 Å². The van der Waals surface area contributed by atoms with Crippen molar-refractivity contribution in [3.8, 4) is 5.88 Å². The molecule has 2 heterocycles. The maximum atomic E-state index is 10.0. The number of imidazole rings is 1. The van der Waals surface area contributed by atoms with E-state index in [4.69, 9.17) is 10.5 Å². The first kappa shape index (κ1) is 18.5. The van der Waals surface area contributed by atoms with Crippen molar-refractivity contribution in [3.05, 3.63) is 12.4 Å². The molecule has 134 valence electrons. The van der Waals surface area contributed by atoms with Gasteiger partial charge in [0.15, 0.2) is 5.82 Å². The summed E-state index contributed by atoms with van der Waals surface area (Å²) in [5.74, 6) is 0.834. The Morgan fingerprint density at radius 1 is 1.42 bits per heavy atom. The van der Waals surface area contributed by atoms with Crippen molar-refractivity contribution in [1.82, 2.24) is 19.4 Å². The molecule has 2 aromatic rings. The largest absolute Gasteiger partial charge is 0.478 e. The van der Waals surface area contributed by atoms with Gasteiger partial charge in [0.2, 0.25) is 5.88 Å². The zero-order valence-corrected chi connectivity index (χ0v) is 15.3. The van der Waals surface area contributed by atoms with Crippen LogP contribution in [0.25, 0.3) is 11.0 Å². The van der Waals surface area contributed by atoms with Gasteiger partial charge in [0, 0.05) is 18.7 Å². The molecular formula is C17H29N5O2. The van der Waals surface area contributed by atoms with Crippen LogP contribution in [0.5, 0.6) is 5.88 Å². The lowest BCUT2D eigenvalue weighted by Gasteiger charge is -2.20. The summed E-state index contributed by atoms with van der Waals surface area (Å²) >= 11 is 0. The summed E-state index contributed by atoms with van der Waals surface area (Å²) in [6, 6.07) is 2.35. The van der Waals surface area contributed by atoms with Crippen LogP contribution in [0.15, 0.2) is 12.4 Å². The fraction of sp³-hybridized carbons (Fsp3) is 0.647.